The summed E-state index contributed by atoms with van der Waals surface area (Å²) < 4.78 is 0. The SMILES string of the molecule is N/C(=C\C(NCc1cccc(-c2ccccc2)c1)c1ccc([C@@H](N)N2NC(c3ccc4ccccc4c3)=CC2c2ccc3ccccc3c2)cc1)c1cccc(-c2ccccc2)c1. The molecule has 0 bridgehead atoms. The van der Waals surface area contributed by atoms with E-state index in [4.69, 9.17) is 11.5 Å². The molecule has 2 unspecified atom stereocenters. The van der Waals surface area contributed by atoms with Crippen LogP contribution in [0.5, 0.6) is 0 Å². The van der Waals surface area contributed by atoms with Crippen molar-refractivity contribution in [2.24, 2.45) is 11.5 Å². The second-order valence-corrected chi connectivity index (χ2v) is 16.3. The average Bonchev–Trinajstić information content (AvgIpc) is 3.81. The second kappa shape index (κ2) is 17.8. The van der Waals surface area contributed by atoms with Crippen LogP contribution in [-0.4, -0.2) is 5.01 Å². The van der Waals surface area contributed by atoms with Gasteiger partial charge in [0.15, 0.2) is 0 Å². The Morgan fingerprint density at radius 2 is 1.10 bits per heavy atom. The van der Waals surface area contributed by atoms with Gasteiger partial charge in [-0.15, -0.1) is 0 Å². The Hall–Kier alpha value is -7.54. The largest absolute Gasteiger partial charge is 0.398 e. The Morgan fingerprint density at radius 3 is 1.79 bits per heavy atom. The molecule has 306 valence electrons. The first-order valence-electron chi connectivity index (χ1n) is 21.6. The zero-order valence-corrected chi connectivity index (χ0v) is 35.0. The summed E-state index contributed by atoms with van der Waals surface area (Å²) in [5.74, 6) is 0. The van der Waals surface area contributed by atoms with Gasteiger partial charge < -0.3 is 22.2 Å². The lowest BCUT2D eigenvalue weighted by molar-refractivity contribution is 0.138. The van der Waals surface area contributed by atoms with Crippen molar-refractivity contribution in [2.45, 2.75) is 24.8 Å². The smallest absolute Gasteiger partial charge is 0.102 e. The van der Waals surface area contributed by atoms with Crippen molar-refractivity contribution in [3.63, 3.8) is 0 Å². The number of fused-ring (bicyclic) bond motifs is 2. The highest BCUT2D eigenvalue weighted by atomic mass is 15.6. The van der Waals surface area contributed by atoms with Crippen LogP contribution < -0.4 is 22.2 Å². The number of hydrogen-bond acceptors (Lipinski definition) is 5. The Bertz CT molecular complexity index is 3080. The summed E-state index contributed by atoms with van der Waals surface area (Å²) in [5, 5.41) is 10.8. The molecule has 1 aliphatic rings. The van der Waals surface area contributed by atoms with E-state index < -0.39 is 6.17 Å². The van der Waals surface area contributed by atoms with Gasteiger partial charge in [0.1, 0.15) is 6.17 Å². The van der Waals surface area contributed by atoms with Gasteiger partial charge in [0.25, 0.3) is 0 Å². The van der Waals surface area contributed by atoms with Gasteiger partial charge in [-0.25, -0.2) is 0 Å². The molecule has 0 saturated heterocycles. The minimum atomic E-state index is -0.460. The molecule has 10 rings (SSSR count). The zero-order valence-electron chi connectivity index (χ0n) is 35.0. The highest BCUT2D eigenvalue weighted by molar-refractivity contribution is 5.87. The van der Waals surface area contributed by atoms with Crippen molar-refractivity contribution in [3.8, 4) is 22.3 Å². The van der Waals surface area contributed by atoms with Crippen molar-refractivity contribution in [1.29, 1.82) is 0 Å². The van der Waals surface area contributed by atoms with E-state index in [1.54, 1.807) is 0 Å². The lowest BCUT2D eigenvalue weighted by Crippen LogP contribution is -2.41. The average molecular weight is 816 g/mol. The Labute approximate surface area is 369 Å². The molecule has 9 aromatic carbocycles. The van der Waals surface area contributed by atoms with E-state index in [1.165, 1.54) is 43.8 Å². The number of hydrazine groups is 1. The molecule has 0 aliphatic carbocycles. The summed E-state index contributed by atoms with van der Waals surface area (Å²) in [5.41, 5.74) is 31.0. The zero-order chi connectivity index (χ0) is 42.5. The van der Waals surface area contributed by atoms with E-state index >= 15 is 0 Å². The number of nitrogens with two attached hydrogens (primary N) is 2. The molecule has 63 heavy (non-hydrogen) atoms. The van der Waals surface area contributed by atoms with Gasteiger partial charge in [0.05, 0.1) is 17.8 Å². The minimum Gasteiger partial charge on any atom is -0.398 e. The molecule has 5 nitrogen and oxygen atoms in total. The molecule has 6 N–H and O–H groups in total. The summed E-state index contributed by atoms with van der Waals surface area (Å²) in [4.78, 5) is 0. The van der Waals surface area contributed by atoms with Gasteiger partial charge in [0, 0.05) is 12.2 Å². The summed E-state index contributed by atoms with van der Waals surface area (Å²) in [6.07, 6.45) is 3.98. The topological polar surface area (TPSA) is 79.3 Å². The van der Waals surface area contributed by atoms with Gasteiger partial charge in [0.2, 0.25) is 0 Å². The molecular weight excluding hydrogens is 767 g/mol. The summed E-state index contributed by atoms with van der Waals surface area (Å²) >= 11 is 0. The van der Waals surface area contributed by atoms with Crippen LogP contribution >= 0.6 is 0 Å². The van der Waals surface area contributed by atoms with Crippen molar-refractivity contribution in [3.05, 3.63) is 264 Å². The Balaban J connectivity index is 0.961. The molecule has 0 saturated carbocycles. The van der Waals surface area contributed by atoms with Crippen LogP contribution in [0, 0.1) is 0 Å². The first-order valence-corrected chi connectivity index (χ1v) is 21.6. The normalized spacial score (nSPS) is 15.2. The standard InChI is InChI=1S/C58H49N5/c59-54(51-24-12-23-50(34-51)42-16-5-2-6-17-42)37-55(61-39-40-13-11-22-47(33-40)41-14-3-1-4-15-41)45-27-29-46(30-28-45)58(60)63-57(53-32-26-44-19-8-10-21-49(44)36-53)38-56(62-63)52-31-25-43-18-7-9-20-48(43)35-52/h1-38,55,57-58,61-62H,39,59-60H2/b54-37-/t55?,57?,58-/m0/s1. The van der Waals surface area contributed by atoms with Crippen LogP contribution in [-0.2, 0) is 6.54 Å². The highest BCUT2D eigenvalue weighted by Gasteiger charge is 2.32. The quantitative estimate of drug-likeness (QED) is 0.0988. The van der Waals surface area contributed by atoms with E-state index in [2.05, 4.69) is 240 Å². The number of nitrogens with zero attached hydrogens (tertiary/aromatic N) is 1. The number of nitrogens with one attached hydrogen (secondary N) is 2. The monoisotopic (exact) mass is 815 g/mol. The Kier molecular flexibility index (Phi) is 11.2. The van der Waals surface area contributed by atoms with Gasteiger partial charge in [-0.1, -0.05) is 194 Å². The maximum atomic E-state index is 7.30. The van der Waals surface area contributed by atoms with Gasteiger partial charge in [-0.05, 0) is 114 Å². The van der Waals surface area contributed by atoms with Crippen LogP contribution in [0.4, 0.5) is 0 Å². The molecule has 3 atom stereocenters. The van der Waals surface area contributed by atoms with Crippen LogP contribution in [0.3, 0.4) is 0 Å². The first-order chi connectivity index (χ1) is 31.0. The highest BCUT2D eigenvalue weighted by Crippen LogP contribution is 2.38. The molecular formula is C58H49N5. The number of rotatable bonds is 12. The first kappa shape index (κ1) is 39.6. The molecule has 0 fully saturated rings. The fourth-order valence-electron chi connectivity index (χ4n) is 8.73. The third-order valence-corrected chi connectivity index (χ3v) is 12.2. The predicted octanol–water partition coefficient (Wildman–Crippen LogP) is 12.7. The second-order valence-electron chi connectivity index (χ2n) is 16.3. The number of hydrogen-bond donors (Lipinski definition) is 4. The van der Waals surface area contributed by atoms with Crippen LogP contribution in [0.2, 0.25) is 0 Å². The molecule has 5 heteroatoms. The Morgan fingerprint density at radius 1 is 0.524 bits per heavy atom. The molecule has 1 heterocycles. The molecule has 0 aromatic heterocycles. The van der Waals surface area contributed by atoms with Crippen LogP contribution in [0.1, 0.15) is 51.6 Å². The molecule has 0 radical (unpaired) electrons. The fourth-order valence-corrected chi connectivity index (χ4v) is 8.73. The van der Waals surface area contributed by atoms with Crippen molar-refractivity contribution < 1.29 is 0 Å². The third kappa shape index (κ3) is 8.67. The maximum Gasteiger partial charge on any atom is 0.102 e. The van der Waals surface area contributed by atoms with E-state index in [0.717, 1.165) is 39.1 Å². The van der Waals surface area contributed by atoms with Crippen molar-refractivity contribution in [1.82, 2.24) is 15.8 Å². The fraction of sp³-hybridized carbons (Fsp3) is 0.0690. The molecule has 1 aliphatic heterocycles. The van der Waals surface area contributed by atoms with E-state index in [-0.39, 0.29) is 12.1 Å². The van der Waals surface area contributed by atoms with E-state index in [1.807, 2.05) is 6.07 Å². The van der Waals surface area contributed by atoms with Crippen molar-refractivity contribution >= 4 is 32.9 Å². The molecule has 0 amide bonds. The van der Waals surface area contributed by atoms with Crippen LogP contribution in [0.25, 0.3) is 55.2 Å². The van der Waals surface area contributed by atoms with Gasteiger partial charge in [-0.2, -0.15) is 5.01 Å². The van der Waals surface area contributed by atoms with E-state index in [9.17, 15) is 0 Å². The maximum absolute atomic E-state index is 7.30. The van der Waals surface area contributed by atoms with Gasteiger partial charge in [-0.3, -0.25) is 0 Å². The lowest BCUT2D eigenvalue weighted by Gasteiger charge is -2.31. The van der Waals surface area contributed by atoms with Gasteiger partial charge >= 0.3 is 0 Å². The third-order valence-electron chi connectivity index (χ3n) is 12.2. The predicted molar refractivity (Wildman–Crippen MR) is 262 cm³/mol. The van der Waals surface area contributed by atoms with E-state index in [0.29, 0.717) is 12.2 Å². The molecule has 9 aromatic rings. The summed E-state index contributed by atoms with van der Waals surface area (Å²) in [6, 6.07) is 76.7. The summed E-state index contributed by atoms with van der Waals surface area (Å²) in [7, 11) is 0. The lowest BCUT2D eigenvalue weighted by atomic mass is 9.97. The van der Waals surface area contributed by atoms with Crippen molar-refractivity contribution in [2.75, 3.05) is 0 Å². The molecule has 0 spiro atoms. The summed E-state index contributed by atoms with van der Waals surface area (Å²) in [6.45, 7) is 0.648. The number of benzene rings is 9. The minimum absolute atomic E-state index is 0.110. The van der Waals surface area contributed by atoms with Crippen LogP contribution in [0.15, 0.2) is 231 Å².